The number of carbonyl (C=O) groups excluding carboxylic acids is 1. The van der Waals surface area contributed by atoms with Crippen LogP contribution in [0.25, 0.3) is 0 Å². The molecule has 0 radical (unpaired) electrons. The van der Waals surface area contributed by atoms with Crippen LogP contribution in [0.15, 0.2) is 0 Å². The lowest BCUT2D eigenvalue weighted by Gasteiger charge is -2.40. The van der Waals surface area contributed by atoms with Crippen LogP contribution < -0.4 is 5.48 Å². The summed E-state index contributed by atoms with van der Waals surface area (Å²) < 4.78 is 5.12. The molecule has 22 heavy (non-hydrogen) atoms. The summed E-state index contributed by atoms with van der Waals surface area (Å²) in [6.07, 6.45) is 2.81. The maximum absolute atomic E-state index is 11.7. The van der Waals surface area contributed by atoms with E-state index < -0.39 is 23.3 Å². The van der Waals surface area contributed by atoms with Crippen molar-refractivity contribution >= 4 is 12.1 Å². The Labute approximate surface area is 130 Å². The van der Waals surface area contributed by atoms with Gasteiger partial charge in [0.15, 0.2) is 0 Å². The first-order valence-electron chi connectivity index (χ1n) is 7.82. The van der Waals surface area contributed by atoms with Gasteiger partial charge in [0.25, 0.3) is 0 Å². The molecule has 0 unspecified atom stereocenters. The van der Waals surface area contributed by atoms with Gasteiger partial charge in [-0.25, -0.2) is 4.79 Å². The van der Waals surface area contributed by atoms with E-state index in [1.165, 1.54) is 12.8 Å². The summed E-state index contributed by atoms with van der Waals surface area (Å²) in [7, 11) is 0. The largest absolute Gasteiger partial charge is 0.481 e. The fourth-order valence-corrected chi connectivity index (χ4v) is 2.78. The molecule has 1 aliphatic heterocycles. The second kappa shape index (κ2) is 6.42. The predicted octanol–water partition coefficient (Wildman–Crippen LogP) is 1.91. The maximum atomic E-state index is 11.7. The second-order valence-corrected chi connectivity index (χ2v) is 7.23. The zero-order valence-electron chi connectivity index (χ0n) is 13.6. The van der Waals surface area contributed by atoms with E-state index in [9.17, 15) is 9.59 Å². The smallest absolute Gasteiger partial charge is 0.431 e. The third-order valence-corrected chi connectivity index (χ3v) is 4.00. The SMILES string of the molecule is CC(C)(C)OC(=O)NOC1(CC(=O)O)CCN(C2CC2)CC1. The quantitative estimate of drug-likeness (QED) is 0.754. The van der Waals surface area contributed by atoms with Crippen LogP contribution in [0, 0.1) is 0 Å². The number of nitrogens with zero attached hydrogens (tertiary/aromatic N) is 1. The molecule has 2 N–H and O–H groups in total. The molecule has 1 heterocycles. The molecule has 0 atom stereocenters. The Morgan fingerprint density at radius 1 is 1.27 bits per heavy atom. The molecule has 2 fully saturated rings. The Kier molecular flexibility index (Phi) is 4.97. The van der Waals surface area contributed by atoms with Crippen molar-refractivity contribution in [1.29, 1.82) is 0 Å². The molecule has 2 aliphatic rings. The number of carboxylic acids is 1. The summed E-state index contributed by atoms with van der Waals surface area (Å²) >= 11 is 0. The standard InChI is InChI=1S/C15H26N2O5/c1-14(2,3)21-13(20)16-22-15(10-12(18)19)6-8-17(9-7-15)11-4-5-11/h11H,4-10H2,1-3H3,(H,16,20)(H,18,19). The molecule has 0 spiro atoms. The highest BCUT2D eigenvalue weighted by Gasteiger charge is 2.42. The average Bonchev–Trinajstić information content (AvgIpc) is 3.19. The topological polar surface area (TPSA) is 88.1 Å². The van der Waals surface area contributed by atoms with Gasteiger partial charge in [0.05, 0.1) is 6.42 Å². The normalized spacial score (nSPS) is 22.1. The number of likely N-dealkylation sites (tertiary alicyclic amines) is 1. The lowest BCUT2D eigenvalue weighted by molar-refractivity contribution is -0.162. The molecular formula is C15H26N2O5. The fraction of sp³-hybridized carbons (Fsp3) is 0.867. The summed E-state index contributed by atoms with van der Waals surface area (Å²) in [6, 6.07) is 0.654. The van der Waals surface area contributed by atoms with Gasteiger partial charge >= 0.3 is 12.1 Å². The highest BCUT2D eigenvalue weighted by Crippen LogP contribution is 2.35. The number of hydroxylamine groups is 1. The van der Waals surface area contributed by atoms with E-state index in [-0.39, 0.29) is 6.42 Å². The van der Waals surface area contributed by atoms with Gasteiger partial charge in [0.1, 0.15) is 11.2 Å². The third-order valence-electron chi connectivity index (χ3n) is 4.00. The molecule has 0 aromatic heterocycles. The van der Waals surface area contributed by atoms with Crippen LogP contribution in [-0.2, 0) is 14.4 Å². The summed E-state index contributed by atoms with van der Waals surface area (Å²) in [5, 5.41) is 9.13. The van der Waals surface area contributed by atoms with Crippen molar-refractivity contribution in [3.05, 3.63) is 0 Å². The number of nitrogens with one attached hydrogen (secondary N) is 1. The number of carboxylic acid groups (broad SMARTS) is 1. The first-order chi connectivity index (χ1) is 10.2. The highest BCUT2D eigenvalue weighted by atomic mass is 16.7. The fourth-order valence-electron chi connectivity index (χ4n) is 2.78. The minimum absolute atomic E-state index is 0.124. The number of carbonyl (C=O) groups is 2. The number of rotatable bonds is 5. The predicted molar refractivity (Wildman–Crippen MR) is 79.3 cm³/mol. The molecule has 1 amide bonds. The number of ether oxygens (including phenoxy) is 1. The maximum Gasteiger partial charge on any atom is 0.431 e. The molecule has 1 saturated carbocycles. The van der Waals surface area contributed by atoms with Gasteiger partial charge in [-0.1, -0.05) is 0 Å². The summed E-state index contributed by atoms with van der Waals surface area (Å²) in [5.41, 5.74) is 0.796. The number of hydrogen-bond acceptors (Lipinski definition) is 5. The first-order valence-corrected chi connectivity index (χ1v) is 7.82. The molecule has 1 aliphatic carbocycles. The number of hydrogen-bond donors (Lipinski definition) is 2. The van der Waals surface area contributed by atoms with Crippen molar-refractivity contribution in [1.82, 2.24) is 10.4 Å². The van der Waals surface area contributed by atoms with Crippen molar-refractivity contribution in [2.75, 3.05) is 13.1 Å². The zero-order chi connectivity index (χ0) is 16.4. The van der Waals surface area contributed by atoms with Crippen LogP contribution in [0.1, 0.15) is 52.9 Å². The Balaban J connectivity index is 1.89. The van der Waals surface area contributed by atoms with Crippen molar-refractivity contribution in [2.24, 2.45) is 0 Å². The van der Waals surface area contributed by atoms with Crippen LogP contribution in [0.2, 0.25) is 0 Å². The third kappa shape index (κ3) is 5.14. The van der Waals surface area contributed by atoms with Gasteiger partial charge in [0.2, 0.25) is 0 Å². The number of amides is 1. The van der Waals surface area contributed by atoms with Gasteiger partial charge in [-0.2, -0.15) is 5.48 Å². The van der Waals surface area contributed by atoms with Gasteiger partial charge in [-0.05, 0) is 46.5 Å². The van der Waals surface area contributed by atoms with Gasteiger partial charge in [0, 0.05) is 19.1 Å². The Morgan fingerprint density at radius 3 is 2.32 bits per heavy atom. The Morgan fingerprint density at radius 2 is 1.86 bits per heavy atom. The molecular weight excluding hydrogens is 288 g/mol. The van der Waals surface area contributed by atoms with Gasteiger partial charge in [-0.3, -0.25) is 9.63 Å². The van der Waals surface area contributed by atoms with E-state index in [4.69, 9.17) is 14.7 Å². The van der Waals surface area contributed by atoms with E-state index >= 15 is 0 Å². The first kappa shape index (κ1) is 17.0. The van der Waals surface area contributed by atoms with E-state index in [1.807, 2.05) is 0 Å². The van der Waals surface area contributed by atoms with Crippen molar-refractivity contribution in [2.45, 2.75) is 70.1 Å². The van der Waals surface area contributed by atoms with E-state index in [1.54, 1.807) is 20.8 Å². The van der Waals surface area contributed by atoms with Crippen LogP contribution >= 0.6 is 0 Å². The second-order valence-electron chi connectivity index (χ2n) is 7.23. The summed E-state index contributed by atoms with van der Waals surface area (Å²) in [5.74, 6) is -0.925. The van der Waals surface area contributed by atoms with Crippen molar-refractivity contribution in [3.8, 4) is 0 Å². The monoisotopic (exact) mass is 314 g/mol. The van der Waals surface area contributed by atoms with Crippen LogP contribution in [0.5, 0.6) is 0 Å². The number of aliphatic carboxylic acids is 1. The van der Waals surface area contributed by atoms with Gasteiger partial charge in [-0.15, -0.1) is 0 Å². The van der Waals surface area contributed by atoms with Gasteiger partial charge < -0.3 is 14.7 Å². The van der Waals surface area contributed by atoms with Crippen molar-refractivity contribution in [3.63, 3.8) is 0 Å². The van der Waals surface area contributed by atoms with Crippen molar-refractivity contribution < 1.29 is 24.3 Å². The van der Waals surface area contributed by atoms with E-state index in [0.29, 0.717) is 18.9 Å². The molecule has 1 saturated heterocycles. The molecule has 0 bridgehead atoms. The minimum atomic E-state index is -0.925. The van der Waals surface area contributed by atoms with E-state index in [0.717, 1.165) is 13.1 Å². The Hall–Kier alpha value is -1.34. The summed E-state index contributed by atoms with van der Waals surface area (Å²) in [4.78, 5) is 30.7. The molecule has 0 aromatic carbocycles. The van der Waals surface area contributed by atoms with Crippen LogP contribution in [0.4, 0.5) is 4.79 Å². The van der Waals surface area contributed by atoms with Crippen LogP contribution in [-0.4, -0.2) is 52.4 Å². The zero-order valence-corrected chi connectivity index (χ0v) is 13.6. The Bertz CT molecular complexity index is 420. The molecule has 2 rings (SSSR count). The minimum Gasteiger partial charge on any atom is -0.481 e. The lowest BCUT2D eigenvalue weighted by atomic mass is 9.88. The molecule has 126 valence electrons. The molecule has 7 nitrogen and oxygen atoms in total. The van der Waals surface area contributed by atoms with E-state index in [2.05, 4.69) is 10.4 Å². The average molecular weight is 314 g/mol. The number of piperidine rings is 1. The van der Waals surface area contributed by atoms with Crippen LogP contribution in [0.3, 0.4) is 0 Å². The molecule has 0 aromatic rings. The lowest BCUT2D eigenvalue weighted by Crippen LogP contribution is -2.51. The summed E-state index contributed by atoms with van der Waals surface area (Å²) in [6.45, 7) is 6.87. The highest BCUT2D eigenvalue weighted by molar-refractivity contribution is 5.68. The molecule has 7 heteroatoms.